The molecule has 4 amide bonds. The van der Waals surface area contributed by atoms with Crippen LogP contribution in [0.3, 0.4) is 0 Å². The number of aryl methyl sites for hydroxylation is 4. The van der Waals surface area contributed by atoms with Crippen molar-refractivity contribution in [2.24, 2.45) is 0 Å². The summed E-state index contributed by atoms with van der Waals surface area (Å²) in [6, 6.07) is 40.7. The molecule has 0 radical (unpaired) electrons. The van der Waals surface area contributed by atoms with Gasteiger partial charge in [-0.25, -0.2) is 14.3 Å². The monoisotopic (exact) mass is 1230 g/mol. The van der Waals surface area contributed by atoms with Gasteiger partial charge < -0.3 is 34.5 Å². The normalized spacial score (nSPS) is 14.3. The van der Waals surface area contributed by atoms with E-state index >= 15 is 0 Å². The highest BCUT2D eigenvalue weighted by Gasteiger charge is 2.34. The Balaban J connectivity index is 0.000000215. The second-order valence-corrected chi connectivity index (χ2v) is 24.2. The Morgan fingerprint density at radius 1 is 0.495 bits per heavy atom. The zero-order valence-electron chi connectivity index (χ0n) is 54.8. The van der Waals surface area contributed by atoms with Gasteiger partial charge in [-0.05, 0) is 166 Å². The van der Waals surface area contributed by atoms with Crippen LogP contribution in [0.1, 0.15) is 172 Å². The van der Waals surface area contributed by atoms with Crippen molar-refractivity contribution in [3.63, 3.8) is 0 Å². The molecule has 2 atom stereocenters. The third-order valence-electron chi connectivity index (χ3n) is 17.7. The molecule has 5 aromatic carbocycles. The van der Waals surface area contributed by atoms with Gasteiger partial charge in [0.25, 0.3) is 23.6 Å². The molecule has 0 unspecified atom stereocenters. The minimum atomic E-state index is -0.368. The van der Waals surface area contributed by atoms with Gasteiger partial charge in [-0.1, -0.05) is 132 Å². The number of unbranched alkanes of at least 4 members (excludes halogenated alkanes) is 4. The minimum Gasteiger partial charge on any atom is -0.478 e. The van der Waals surface area contributed by atoms with Gasteiger partial charge in [0.1, 0.15) is 0 Å². The summed E-state index contributed by atoms with van der Waals surface area (Å²) in [5.41, 5.74) is 14.8. The molecule has 0 fully saturated rings. The van der Waals surface area contributed by atoms with Gasteiger partial charge in [-0.2, -0.15) is 10.2 Å². The van der Waals surface area contributed by atoms with Crippen molar-refractivity contribution in [2.75, 3.05) is 46.0 Å². The molecular formula is C75H91N9O7. The van der Waals surface area contributed by atoms with Crippen molar-refractivity contribution < 1.29 is 34.1 Å². The molecule has 91 heavy (non-hydrogen) atoms. The molecule has 8 aromatic rings. The first kappa shape index (κ1) is 66.7. The second-order valence-electron chi connectivity index (χ2n) is 24.2. The Morgan fingerprint density at radius 3 is 1.30 bits per heavy atom. The lowest BCUT2D eigenvalue weighted by Crippen LogP contribution is -2.46. The van der Waals surface area contributed by atoms with E-state index in [1.54, 1.807) is 31.4 Å². The summed E-state index contributed by atoms with van der Waals surface area (Å²) in [5, 5.41) is 30.4. The zero-order valence-corrected chi connectivity index (χ0v) is 54.8. The number of fused-ring (bicyclic) bond motifs is 2. The fourth-order valence-electron chi connectivity index (χ4n) is 12.1. The first-order valence-corrected chi connectivity index (χ1v) is 32.8. The maximum Gasteiger partial charge on any atom is 0.274 e. The molecular weight excluding hydrogens is 1140 g/mol. The largest absolute Gasteiger partial charge is 0.478 e. The van der Waals surface area contributed by atoms with Crippen LogP contribution in [0.2, 0.25) is 0 Å². The Morgan fingerprint density at radius 2 is 0.901 bits per heavy atom. The third kappa shape index (κ3) is 15.5. The van der Waals surface area contributed by atoms with Crippen LogP contribution in [0.5, 0.6) is 5.88 Å². The second kappa shape index (κ2) is 31.3. The van der Waals surface area contributed by atoms with E-state index in [1.165, 1.54) is 11.1 Å². The molecule has 16 nitrogen and oxygen atoms in total. The van der Waals surface area contributed by atoms with Crippen molar-refractivity contribution in [3.05, 3.63) is 201 Å². The molecule has 2 aliphatic rings. The van der Waals surface area contributed by atoms with E-state index in [1.807, 2.05) is 122 Å². The van der Waals surface area contributed by atoms with Crippen molar-refractivity contribution in [1.82, 2.24) is 44.1 Å². The molecule has 0 aliphatic carbocycles. The average Bonchev–Trinajstić information content (AvgIpc) is 2.23. The predicted octanol–water partition coefficient (Wildman–Crippen LogP) is 13.3. The van der Waals surface area contributed by atoms with Crippen LogP contribution in [-0.4, -0.2) is 136 Å². The molecule has 0 spiro atoms. The molecule has 0 saturated heterocycles. The van der Waals surface area contributed by atoms with Crippen LogP contribution < -0.4 is 4.74 Å². The summed E-state index contributed by atoms with van der Waals surface area (Å²) in [7, 11) is 0. The molecule has 0 saturated carbocycles. The summed E-state index contributed by atoms with van der Waals surface area (Å²) in [6.07, 6.45) is 10.7. The Bertz CT molecular complexity index is 3800. The molecule has 16 heteroatoms. The lowest BCUT2D eigenvalue weighted by Gasteiger charge is -2.36. The summed E-state index contributed by atoms with van der Waals surface area (Å²) in [6.45, 7) is 22.2. The number of amides is 4. The predicted molar refractivity (Wildman–Crippen MR) is 359 cm³/mol. The number of nitrogens with zero attached hydrogens (tertiary/aromatic N) is 9. The summed E-state index contributed by atoms with van der Waals surface area (Å²) >= 11 is 0. The standard InChI is InChI=1S/C38H46N4O3.C37H45N5O4/c1-6-8-18-40(19-9-7-2)38(45)35-21-28(5)42(39-35)36-17-16-31(30-15-14-26(3)27(4)20-30)23-34(36)37(44)41-24-32-13-11-10-12-29(32)22-33(41)25-43;1-5-8-18-40(19-9-6-2)37(45)33-20-26(4)42(39-33)34-16-14-28(29-15-17-35(38-23-29)46-7-3)22-32(34)36(44)41-24-30-13-11-10-12-27(30)21-31(41)25-43/h10-17,20-21,23,33,43H,6-9,18-19,22,24-25H2,1-5H3;10-17,20,22-23,31,43H,5-9,18-19,21,24-25H2,1-4H3/t33-;31-/m00/s1. The zero-order chi connectivity index (χ0) is 64.7. The van der Waals surface area contributed by atoms with E-state index in [9.17, 15) is 29.4 Å². The van der Waals surface area contributed by atoms with Gasteiger partial charge in [0, 0.05) is 68.5 Å². The summed E-state index contributed by atoms with van der Waals surface area (Å²) in [4.78, 5) is 68.2. The highest BCUT2D eigenvalue weighted by atomic mass is 16.5. The van der Waals surface area contributed by atoms with E-state index in [4.69, 9.17) is 14.9 Å². The molecule has 2 N–H and O–H groups in total. The summed E-state index contributed by atoms with van der Waals surface area (Å²) < 4.78 is 8.95. The molecule has 2 aliphatic heterocycles. The lowest BCUT2D eigenvalue weighted by molar-refractivity contribution is 0.0539. The van der Waals surface area contributed by atoms with E-state index < -0.39 is 0 Å². The number of aromatic nitrogens is 5. The van der Waals surface area contributed by atoms with Crippen LogP contribution in [0.4, 0.5) is 0 Å². The van der Waals surface area contributed by atoms with E-state index in [0.717, 1.165) is 107 Å². The fraction of sp³-hybridized carbons (Fsp3) is 0.400. The Hall–Kier alpha value is -8.73. The van der Waals surface area contributed by atoms with E-state index in [-0.39, 0.29) is 48.9 Å². The van der Waals surface area contributed by atoms with Crippen molar-refractivity contribution in [2.45, 2.75) is 152 Å². The number of aliphatic hydroxyl groups excluding tert-OH is 2. The van der Waals surface area contributed by atoms with Gasteiger partial charge in [-0.15, -0.1) is 0 Å². The van der Waals surface area contributed by atoms with Gasteiger partial charge in [0.15, 0.2) is 11.4 Å². The van der Waals surface area contributed by atoms with Gasteiger partial charge in [0.05, 0.1) is 54.4 Å². The number of ether oxygens (including phenoxy) is 1. The smallest absolute Gasteiger partial charge is 0.274 e. The maximum absolute atomic E-state index is 14.6. The minimum absolute atomic E-state index is 0.0774. The fourth-order valence-corrected chi connectivity index (χ4v) is 12.1. The Kier molecular flexibility index (Phi) is 23.0. The van der Waals surface area contributed by atoms with E-state index in [0.29, 0.717) is 98.5 Å². The van der Waals surface area contributed by atoms with Gasteiger partial charge in [-0.3, -0.25) is 19.2 Å². The van der Waals surface area contributed by atoms with Crippen LogP contribution in [0.25, 0.3) is 33.6 Å². The van der Waals surface area contributed by atoms with Gasteiger partial charge in [0.2, 0.25) is 5.88 Å². The Labute approximate surface area is 537 Å². The first-order valence-electron chi connectivity index (χ1n) is 32.8. The third-order valence-corrected chi connectivity index (χ3v) is 17.7. The van der Waals surface area contributed by atoms with Crippen LogP contribution in [0, 0.1) is 27.7 Å². The molecule has 3 aromatic heterocycles. The lowest BCUT2D eigenvalue weighted by atomic mass is 9.93. The average molecular weight is 1230 g/mol. The van der Waals surface area contributed by atoms with Crippen LogP contribution in [-0.2, 0) is 25.9 Å². The topological polar surface area (TPSA) is 179 Å². The highest BCUT2D eigenvalue weighted by Crippen LogP contribution is 2.34. The van der Waals surface area contributed by atoms with E-state index in [2.05, 4.69) is 76.9 Å². The SMILES string of the molecule is CCCCN(CCCC)C(=O)c1cc(C)n(-c2ccc(-c3ccc(C)c(C)c3)cc2C(=O)N2Cc3ccccc3C[C@H]2CO)n1.CCCCN(CCCC)C(=O)c1cc(C)n(-c2ccc(-c3ccc(OCC)nc3)cc2C(=O)N2Cc3ccccc3C[C@H]2CO)n1. The molecule has 5 heterocycles. The van der Waals surface area contributed by atoms with Gasteiger partial charge >= 0.3 is 0 Å². The van der Waals surface area contributed by atoms with Crippen molar-refractivity contribution >= 4 is 23.6 Å². The number of hydrogen-bond donors (Lipinski definition) is 2. The number of carbonyl (C=O) groups is 4. The van der Waals surface area contributed by atoms with Crippen molar-refractivity contribution in [1.29, 1.82) is 0 Å². The molecule has 10 rings (SSSR count). The molecule has 478 valence electrons. The van der Waals surface area contributed by atoms with Crippen LogP contribution >= 0.6 is 0 Å². The quantitative estimate of drug-likeness (QED) is 0.0591. The number of carbonyl (C=O) groups excluding carboxylic acids is 4. The first-order chi connectivity index (χ1) is 44.1. The highest BCUT2D eigenvalue weighted by molar-refractivity contribution is 6.01. The number of hydrogen-bond acceptors (Lipinski definition) is 10. The number of rotatable bonds is 24. The number of pyridine rings is 1. The van der Waals surface area contributed by atoms with Crippen LogP contribution in [0.15, 0.2) is 134 Å². The number of benzene rings is 5. The summed E-state index contributed by atoms with van der Waals surface area (Å²) in [5.74, 6) is -0.0135. The maximum atomic E-state index is 14.6. The number of aliphatic hydroxyl groups is 2. The molecule has 0 bridgehead atoms. The van der Waals surface area contributed by atoms with Crippen molar-refractivity contribution in [3.8, 4) is 39.5 Å².